The quantitative estimate of drug-likeness (QED) is 0.0549. The molecule has 1 atom stereocenters. The van der Waals surface area contributed by atoms with Gasteiger partial charge in [-0.05, 0) is 47.9 Å². The van der Waals surface area contributed by atoms with Gasteiger partial charge < -0.3 is 34.4 Å². The molecule has 14 heteroatoms. The Labute approximate surface area is 299 Å². The first-order valence-electron chi connectivity index (χ1n) is 16.4. The number of hydrogen-bond donors (Lipinski definition) is 5. The Balaban J connectivity index is 1.28. The summed E-state index contributed by atoms with van der Waals surface area (Å²) in [5.41, 5.74) is 2.50. The van der Waals surface area contributed by atoms with Crippen LogP contribution in [0.25, 0.3) is 11.1 Å². The first kappa shape index (κ1) is 37.5. The van der Waals surface area contributed by atoms with Crippen molar-refractivity contribution in [1.29, 1.82) is 5.41 Å². The van der Waals surface area contributed by atoms with Gasteiger partial charge in [0, 0.05) is 48.9 Å². The van der Waals surface area contributed by atoms with Crippen LogP contribution in [-0.2, 0) is 22.7 Å². The zero-order valence-electron chi connectivity index (χ0n) is 27.8. The summed E-state index contributed by atoms with van der Waals surface area (Å²) in [6.45, 7) is 4.00. The second-order valence-electron chi connectivity index (χ2n) is 11.8. The number of carbonyl (C=O) groups is 1. The van der Waals surface area contributed by atoms with Crippen molar-refractivity contribution in [1.82, 2.24) is 10.2 Å². The van der Waals surface area contributed by atoms with E-state index in [-0.39, 0.29) is 47.7 Å². The second-order valence-corrected chi connectivity index (χ2v) is 12.2. The number of halogens is 2. The van der Waals surface area contributed by atoms with Gasteiger partial charge in [0.25, 0.3) is 0 Å². The molecule has 1 aliphatic carbocycles. The topological polar surface area (TPSA) is 166 Å². The van der Waals surface area contributed by atoms with Crippen molar-refractivity contribution in [2.45, 2.75) is 25.6 Å². The number of aliphatic hydroxyl groups excluding tert-OH is 1. The van der Waals surface area contributed by atoms with Crippen LogP contribution in [0.3, 0.4) is 0 Å². The van der Waals surface area contributed by atoms with Crippen LogP contribution < -0.4 is 19.5 Å². The maximum atomic E-state index is 15.9. The summed E-state index contributed by atoms with van der Waals surface area (Å²) in [6, 6.07) is 14.2. The molecule has 5 rings (SSSR count). The number of aliphatic hydroxyl groups is 1. The second kappa shape index (κ2) is 18.4. The van der Waals surface area contributed by atoms with Crippen LogP contribution in [0.15, 0.2) is 83.6 Å². The van der Waals surface area contributed by atoms with E-state index in [0.717, 1.165) is 39.3 Å². The maximum absolute atomic E-state index is 15.9. The molecule has 1 fully saturated rings. The molecule has 0 aromatic heterocycles. The monoisotopic (exact) mass is 722 g/mol. The molecule has 12 nitrogen and oxygen atoms in total. The van der Waals surface area contributed by atoms with Crippen LogP contribution in [0.4, 0.5) is 4.39 Å². The van der Waals surface area contributed by atoms with Crippen molar-refractivity contribution in [2.24, 2.45) is 5.16 Å². The fourth-order valence-electron chi connectivity index (χ4n) is 5.47. The van der Waals surface area contributed by atoms with Crippen LogP contribution in [0.1, 0.15) is 17.5 Å². The van der Waals surface area contributed by atoms with Gasteiger partial charge in [0.1, 0.15) is 48.0 Å². The number of oxime groups is 1. The van der Waals surface area contributed by atoms with E-state index < -0.39 is 24.4 Å². The molecule has 3 aromatic carbocycles. The Morgan fingerprint density at radius 3 is 2.57 bits per heavy atom. The van der Waals surface area contributed by atoms with E-state index >= 15 is 4.39 Å². The molecule has 0 saturated carbocycles. The summed E-state index contributed by atoms with van der Waals surface area (Å²) in [4.78, 5) is 13.8. The smallest absolute Gasteiger partial charge is 0.323 e. The highest BCUT2D eigenvalue weighted by atomic mass is 35.5. The van der Waals surface area contributed by atoms with Gasteiger partial charge in [-0.15, -0.1) is 0 Å². The van der Waals surface area contributed by atoms with E-state index in [1.54, 1.807) is 30.3 Å². The number of benzene rings is 3. The summed E-state index contributed by atoms with van der Waals surface area (Å²) in [5, 5.41) is 41.8. The number of ether oxygens (including phenoxy) is 4. The van der Waals surface area contributed by atoms with Gasteiger partial charge in [-0.1, -0.05) is 53.2 Å². The summed E-state index contributed by atoms with van der Waals surface area (Å²) in [5.74, 6) is -0.561. The minimum atomic E-state index is -1.23. The van der Waals surface area contributed by atoms with Gasteiger partial charge in [0.05, 0.1) is 37.2 Å². The number of rotatable bonds is 17. The van der Waals surface area contributed by atoms with Gasteiger partial charge in [-0.2, -0.15) is 0 Å². The average Bonchev–Trinajstić information content (AvgIpc) is 3.13. The zero-order chi connectivity index (χ0) is 36.2. The largest absolute Gasteiger partial charge is 0.494 e. The van der Waals surface area contributed by atoms with Crippen LogP contribution in [0.5, 0.6) is 17.2 Å². The van der Waals surface area contributed by atoms with Crippen molar-refractivity contribution in [3.05, 3.63) is 100 Å². The number of hydrogen-bond acceptors (Lipinski definition) is 11. The Bertz CT molecular complexity index is 1790. The van der Waals surface area contributed by atoms with Crippen molar-refractivity contribution < 1.29 is 43.6 Å². The SMILES string of the molecule is N=C1C=C(COc2cc(OCc3cccc(-c4cccc(OCCCN5CCOCC5)c4)c3F)c(Cl)cc2CNC(CO)C(=O)O)C=C/C1=N/O. The minimum absolute atomic E-state index is 0.00133. The number of nitrogens with one attached hydrogen (secondary N) is 2. The molecule has 0 spiro atoms. The van der Waals surface area contributed by atoms with Crippen LogP contribution >= 0.6 is 11.6 Å². The lowest BCUT2D eigenvalue weighted by molar-refractivity contribution is -0.140. The third kappa shape index (κ3) is 10.4. The Morgan fingerprint density at radius 2 is 1.82 bits per heavy atom. The summed E-state index contributed by atoms with van der Waals surface area (Å²) >= 11 is 6.58. The van der Waals surface area contributed by atoms with E-state index in [2.05, 4.69) is 15.4 Å². The van der Waals surface area contributed by atoms with Gasteiger partial charge in [0.15, 0.2) is 0 Å². The Morgan fingerprint density at radius 1 is 1.04 bits per heavy atom. The highest BCUT2D eigenvalue weighted by molar-refractivity contribution is 6.50. The van der Waals surface area contributed by atoms with E-state index in [9.17, 15) is 15.0 Å². The summed E-state index contributed by atoms with van der Waals surface area (Å²) in [6.07, 6.45) is 5.45. The summed E-state index contributed by atoms with van der Waals surface area (Å²) < 4.78 is 39.3. The molecule has 0 radical (unpaired) electrons. The lowest BCUT2D eigenvalue weighted by atomic mass is 10.0. The van der Waals surface area contributed by atoms with Crippen molar-refractivity contribution >= 4 is 29.0 Å². The van der Waals surface area contributed by atoms with Crippen molar-refractivity contribution in [3.8, 4) is 28.4 Å². The summed E-state index contributed by atoms with van der Waals surface area (Å²) in [7, 11) is 0. The van der Waals surface area contributed by atoms with Crippen LogP contribution in [0.2, 0.25) is 5.02 Å². The lowest BCUT2D eigenvalue weighted by Gasteiger charge is -2.26. The number of carboxylic acids is 1. The molecule has 0 bridgehead atoms. The molecule has 1 aliphatic heterocycles. The first-order valence-corrected chi connectivity index (χ1v) is 16.8. The van der Waals surface area contributed by atoms with Gasteiger partial charge in [-0.25, -0.2) is 4.39 Å². The highest BCUT2D eigenvalue weighted by Crippen LogP contribution is 2.35. The number of aliphatic carboxylic acids is 1. The normalized spacial score (nSPS) is 16.2. The fourth-order valence-corrected chi connectivity index (χ4v) is 5.71. The van der Waals surface area contributed by atoms with Gasteiger partial charge in [0.2, 0.25) is 0 Å². The van der Waals surface area contributed by atoms with Crippen molar-refractivity contribution in [3.63, 3.8) is 0 Å². The number of carboxylic acid groups (broad SMARTS) is 1. The lowest BCUT2D eigenvalue weighted by Crippen LogP contribution is -2.39. The number of nitrogens with zero attached hydrogens (tertiary/aromatic N) is 2. The standard InChI is InChI=1S/C37H40ClFN4O8/c38-30-18-27(20-41-33(21-44)37(45)46)34(50-22-24-8-9-32(42-47)31(40)16-24)19-35(30)51-23-26-5-2-7-29(36(26)39)25-4-1-6-28(17-25)49-13-3-10-43-11-14-48-15-12-43/h1-2,4-9,16-19,33,40-41,44,47H,3,10-15,20-23H2,(H,45,46)/b40-31?,42-32-. The van der Waals surface area contributed by atoms with Crippen LogP contribution in [0, 0.1) is 11.2 Å². The predicted octanol–water partition coefficient (Wildman–Crippen LogP) is 5.09. The molecule has 1 unspecified atom stereocenters. The number of allylic oxidation sites excluding steroid dienone is 2. The molecular weight excluding hydrogens is 683 g/mol. The molecule has 0 amide bonds. The number of morpholine rings is 1. The third-order valence-electron chi connectivity index (χ3n) is 8.30. The molecule has 2 aliphatic rings. The fraction of sp³-hybridized carbons (Fsp3) is 0.324. The van der Waals surface area contributed by atoms with Crippen molar-refractivity contribution in [2.75, 3.05) is 52.7 Å². The van der Waals surface area contributed by atoms with E-state index in [4.69, 9.17) is 41.2 Å². The van der Waals surface area contributed by atoms with E-state index in [1.807, 2.05) is 24.3 Å². The van der Waals surface area contributed by atoms with Gasteiger partial charge in [-0.3, -0.25) is 20.4 Å². The van der Waals surface area contributed by atoms with Gasteiger partial charge >= 0.3 is 5.97 Å². The molecule has 51 heavy (non-hydrogen) atoms. The Kier molecular flexibility index (Phi) is 13.6. The molecule has 3 aromatic rings. The third-order valence-corrected chi connectivity index (χ3v) is 8.59. The molecule has 1 saturated heterocycles. The predicted molar refractivity (Wildman–Crippen MR) is 190 cm³/mol. The van der Waals surface area contributed by atoms with E-state index in [1.165, 1.54) is 18.2 Å². The molecular formula is C37H40ClFN4O8. The Hall–Kier alpha value is -4.79. The van der Waals surface area contributed by atoms with E-state index in [0.29, 0.717) is 40.2 Å². The zero-order valence-corrected chi connectivity index (χ0v) is 28.6. The highest BCUT2D eigenvalue weighted by Gasteiger charge is 2.19. The first-order chi connectivity index (χ1) is 24.7. The minimum Gasteiger partial charge on any atom is -0.494 e. The average molecular weight is 723 g/mol. The molecule has 5 N–H and O–H groups in total. The molecule has 270 valence electrons. The molecule has 1 heterocycles. The van der Waals surface area contributed by atoms with Crippen LogP contribution in [-0.4, -0.2) is 96.4 Å². The maximum Gasteiger partial charge on any atom is 0.323 e.